The van der Waals surface area contributed by atoms with E-state index >= 15 is 0 Å². The fourth-order valence-electron chi connectivity index (χ4n) is 0. The average molecular weight is 81.1 g/mol. The molecule has 0 unspecified atom stereocenters. The summed E-state index contributed by atoms with van der Waals surface area (Å²) in [5.74, 6) is 0. The fourth-order valence-corrected chi connectivity index (χ4v) is 0. The molecule has 0 amide bonds. The summed E-state index contributed by atoms with van der Waals surface area (Å²) in [5, 5.41) is 0. The van der Waals surface area contributed by atoms with Crippen molar-refractivity contribution >= 4 is 8.80 Å². The van der Waals surface area contributed by atoms with Crippen LogP contribution in [0.1, 0.15) is 1.43 Å². The Labute approximate surface area is 49.2 Å². The van der Waals surface area contributed by atoms with Crippen LogP contribution >= 0.6 is 0 Å². The summed E-state index contributed by atoms with van der Waals surface area (Å²) < 4.78 is 0. The molecule has 0 spiro atoms. The molecule has 0 aromatic heterocycles. The molecule has 0 aliphatic carbocycles. The molecule has 0 rings (SSSR count). The second kappa shape index (κ2) is 4.81. The zero-order valence-electron chi connectivity index (χ0n) is 5.50. The number of rotatable bonds is 0. The minimum atomic E-state index is 0. The van der Waals surface area contributed by atoms with E-state index in [4.69, 9.17) is 0 Å². The fraction of sp³-hybridized carbons (Fsp3) is 1.00. The van der Waals surface area contributed by atoms with Gasteiger partial charge in [0.25, 0.3) is 0 Å². The zero-order valence-corrected chi connectivity index (χ0v) is 5.50. The first-order valence-corrected chi connectivity index (χ1v) is 4.50. The number of hydrogen-bond acceptors (Lipinski definition) is 0. The summed E-state index contributed by atoms with van der Waals surface area (Å²) in [7, 11) is 0.120. The van der Waals surface area contributed by atoms with Gasteiger partial charge in [0.2, 0.25) is 0 Å². The van der Waals surface area contributed by atoms with Gasteiger partial charge in [-0.3, -0.25) is 0 Å². The van der Waals surface area contributed by atoms with E-state index < -0.39 is 0 Å². The molecule has 0 saturated carbocycles. The van der Waals surface area contributed by atoms with Crippen molar-refractivity contribution in [3.05, 3.63) is 0 Å². The van der Waals surface area contributed by atoms with Crippen LogP contribution in [-0.2, 0) is 0 Å². The molecule has 0 aliphatic heterocycles. The van der Waals surface area contributed by atoms with Gasteiger partial charge in [-0.05, 0) is 0 Å². The van der Waals surface area contributed by atoms with Crippen LogP contribution in [0.15, 0.2) is 0 Å². The van der Waals surface area contributed by atoms with E-state index in [2.05, 4.69) is 19.6 Å². The molecule has 27 valence electrons. The monoisotopic (exact) mass is 81.1 g/mol. The van der Waals surface area contributed by atoms with Gasteiger partial charge in [-0.25, -0.2) is 0 Å². The van der Waals surface area contributed by atoms with Crippen LogP contribution in [0.25, 0.3) is 0 Å². The van der Waals surface area contributed by atoms with Crippen molar-refractivity contribution in [2.24, 2.45) is 0 Å². The summed E-state index contributed by atoms with van der Waals surface area (Å²) in [6, 6.07) is 0. The van der Waals surface area contributed by atoms with E-state index in [0.717, 1.165) is 0 Å². The average Bonchev–Trinajstić information content (AvgIpc) is 0.811. The molecular weight excluding hydrogens is 71.1 g/mol. The van der Waals surface area contributed by atoms with E-state index in [1.54, 1.807) is 0 Å². The van der Waals surface area contributed by atoms with Crippen LogP contribution < -0.4 is 18.9 Å². The van der Waals surface area contributed by atoms with Crippen LogP contribution in [0.4, 0.5) is 0 Å². The second-order valence-electron chi connectivity index (χ2n) is 1.50. The Bertz CT molecular complexity index is 15.5. The third kappa shape index (κ3) is 57.5. The predicted octanol–water partition coefficient (Wildman–Crippen LogP) is -1.51. The molecule has 1 radical (unpaired) electrons. The van der Waals surface area contributed by atoms with Gasteiger partial charge < -0.3 is 1.43 Å². The van der Waals surface area contributed by atoms with Gasteiger partial charge in [-0.15, -0.1) is 0 Å². The van der Waals surface area contributed by atoms with Crippen molar-refractivity contribution in [1.82, 2.24) is 0 Å². The quantitative estimate of drug-likeness (QED) is 0.311. The van der Waals surface area contributed by atoms with Gasteiger partial charge in [-0.2, -0.15) is 0 Å². The van der Waals surface area contributed by atoms with Crippen molar-refractivity contribution in [2.45, 2.75) is 19.6 Å². The van der Waals surface area contributed by atoms with Crippen molar-refractivity contribution < 1.29 is 20.3 Å². The first-order chi connectivity index (χ1) is 1.73. The minimum absolute atomic E-state index is 0. The Morgan fingerprint density at radius 3 is 1.20 bits per heavy atom. The minimum Gasteiger partial charge on any atom is -1.00 e. The van der Waals surface area contributed by atoms with E-state index in [0.29, 0.717) is 0 Å². The predicted molar refractivity (Wildman–Crippen MR) is 24.5 cm³/mol. The molecule has 0 N–H and O–H groups in total. The summed E-state index contributed by atoms with van der Waals surface area (Å²) >= 11 is 0. The van der Waals surface area contributed by atoms with Crippen LogP contribution in [-0.4, -0.2) is 8.80 Å². The largest absolute Gasteiger partial charge is 1.00 e. The Morgan fingerprint density at radius 1 is 1.20 bits per heavy atom. The van der Waals surface area contributed by atoms with Crippen molar-refractivity contribution in [1.29, 1.82) is 0 Å². The third-order valence-corrected chi connectivity index (χ3v) is 0. The first-order valence-electron chi connectivity index (χ1n) is 1.50. The topological polar surface area (TPSA) is 0 Å². The van der Waals surface area contributed by atoms with Crippen LogP contribution in [0.2, 0.25) is 19.6 Å². The molecule has 0 saturated heterocycles. The summed E-state index contributed by atoms with van der Waals surface area (Å²) in [6.45, 7) is 6.81. The Hall–Kier alpha value is 0.814. The van der Waals surface area contributed by atoms with Gasteiger partial charge in [0.1, 0.15) is 0 Å². The van der Waals surface area contributed by atoms with Crippen molar-refractivity contribution in [3.63, 3.8) is 0 Å². The van der Waals surface area contributed by atoms with Crippen molar-refractivity contribution in [3.8, 4) is 0 Å². The van der Waals surface area contributed by atoms with Gasteiger partial charge >= 0.3 is 18.9 Å². The van der Waals surface area contributed by atoms with Crippen LogP contribution in [0.3, 0.4) is 0 Å². The molecular formula is C3H10LiSi. The maximum atomic E-state index is 2.27. The maximum absolute atomic E-state index is 2.27. The standard InChI is InChI=1S/C3H9Si.Li.H/c1-4(2)3;;/h1-3H3;;/q;+1;-1. The molecule has 5 heavy (non-hydrogen) atoms. The molecule has 0 aromatic rings. The molecule has 0 heterocycles. The van der Waals surface area contributed by atoms with E-state index in [9.17, 15) is 0 Å². The maximum Gasteiger partial charge on any atom is 1.00 e. The first kappa shape index (κ1) is 9.26. The van der Waals surface area contributed by atoms with Gasteiger partial charge in [0, 0.05) is 8.80 Å². The molecule has 0 aromatic carbocycles. The molecule has 0 aliphatic rings. The van der Waals surface area contributed by atoms with Gasteiger partial charge in [0.15, 0.2) is 0 Å². The zero-order chi connectivity index (χ0) is 3.58. The molecule has 0 nitrogen and oxygen atoms in total. The van der Waals surface area contributed by atoms with Crippen LogP contribution in [0, 0.1) is 0 Å². The van der Waals surface area contributed by atoms with E-state index in [1.807, 2.05) is 0 Å². The third-order valence-electron chi connectivity index (χ3n) is 0. The SMILES string of the molecule is C[Si](C)C.[H-].[Li+]. The normalized spacial score (nSPS) is 7.20. The van der Waals surface area contributed by atoms with E-state index in [-0.39, 0.29) is 29.1 Å². The molecule has 2 heteroatoms. The second-order valence-corrected chi connectivity index (χ2v) is 4.50. The Kier molecular flexibility index (Phi) is 8.92. The Morgan fingerprint density at radius 2 is 1.20 bits per heavy atom. The number of hydrogen-bond donors (Lipinski definition) is 0. The molecule has 0 fully saturated rings. The summed E-state index contributed by atoms with van der Waals surface area (Å²) in [5.41, 5.74) is 0. The smallest absolute Gasteiger partial charge is 1.00 e. The molecule has 0 bridgehead atoms. The van der Waals surface area contributed by atoms with E-state index in [1.165, 1.54) is 0 Å². The molecule has 0 atom stereocenters. The Balaban J connectivity index is -0.0000000450. The van der Waals surface area contributed by atoms with Gasteiger partial charge in [-0.1, -0.05) is 19.6 Å². The van der Waals surface area contributed by atoms with Gasteiger partial charge in [0.05, 0.1) is 0 Å². The van der Waals surface area contributed by atoms with Crippen molar-refractivity contribution in [2.75, 3.05) is 0 Å². The summed E-state index contributed by atoms with van der Waals surface area (Å²) in [4.78, 5) is 0. The summed E-state index contributed by atoms with van der Waals surface area (Å²) in [6.07, 6.45) is 0. The van der Waals surface area contributed by atoms with Crippen LogP contribution in [0.5, 0.6) is 0 Å².